The minimum Gasteiger partial charge on any atom is -0.322 e. The average Bonchev–Trinajstić information content (AvgIpc) is 3.36. The van der Waals surface area contributed by atoms with Crippen LogP contribution in [0.25, 0.3) is 11.3 Å². The van der Waals surface area contributed by atoms with Crippen LogP contribution in [0.15, 0.2) is 54.7 Å². The first-order valence-electron chi connectivity index (χ1n) is 10.3. The maximum atomic E-state index is 12.8. The van der Waals surface area contributed by atoms with Crippen molar-refractivity contribution in [2.45, 2.75) is 50.7 Å². The fraction of sp³-hybridized carbons (Fsp3) is 0.348. The van der Waals surface area contributed by atoms with Gasteiger partial charge < -0.3 is 10.6 Å². The minimum atomic E-state index is -0.113. The average molecular weight is 387 g/mol. The van der Waals surface area contributed by atoms with Gasteiger partial charge in [-0.25, -0.2) is 4.68 Å². The number of carbonyl (C=O) groups is 1. The predicted molar refractivity (Wildman–Crippen MR) is 113 cm³/mol. The summed E-state index contributed by atoms with van der Waals surface area (Å²) in [5, 5.41) is 15.5. The summed E-state index contributed by atoms with van der Waals surface area (Å²) < 4.78 is 2.02. The molecule has 2 aliphatic heterocycles. The van der Waals surface area contributed by atoms with Gasteiger partial charge in [0.1, 0.15) is 5.69 Å². The van der Waals surface area contributed by atoms with Crippen molar-refractivity contribution < 1.29 is 4.79 Å². The molecule has 2 atom stereocenters. The molecule has 2 unspecified atom stereocenters. The number of amides is 1. The number of fused-ring (bicyclic) bond motifs is 2. The van der Waals surface area contributed by atoms with Crippen molar-refractivity contribution >= 4 is 11.6 Å². The molecule has 1 amide bonds. The Kier molecular flexibility index (Phi) is 4.64. The van der Waals surface area contributed by atoms with E-state index in [2.05, 4.69) is 20.9 Å². The van der Waals surface area contributed by atoms with Crippen molar-refractivity contribution in [2.24, 2.45) is 0 Å². The molecule has 2 bridgehead atoms. The van der Waals surface area contributed by atoms with E-state index in [1.807, 2.05) is 66.3 Å². The zero-order valence-corrected chi connectivity index (χ0v) is 16.5. The largest absolute Gasteiger partial charge is 0.322 e. The Bertz CT molecular complexity index is 1020. The molecular formula is C23H25N5O. The second-order valence-electron chi connectivity index (χ2n) is 8.20. The normalized spacial score (nSPS) is 23.1. The fourth-order valence-corrected chi connectivity index (χ4v) is 4.58. The van der Waals surface area contributed by atoms with Gasteiger partial charge in [-0.2, -0.15) is 0 Å². The first kappa shape index (κ1) is 18.1. The van der Waals surface area contributed by atoms with Crippen LogP contribution in [-0.4, -0.2) is 33.0 Å². The molecule has 0 spiro atoms. The molecule has 2 saturated heterocycles. The summed E-state index contributed by atoms with van der Waals surface area (Å²) in [6.07, 6.45) is 6.77. The molecule has 0 saturated carbocycles. The lowest BCUT2D eigenvalue weighted by molar-refractivity contribution is 0.102. The first-order chi connectivity index (χ1) is 14.2. The third-order valence-corrected chi connectivity index (χ3v) is 6.14. The van der Waals surface area contributed by atoms with Crippen LogP contribution in [0.2, 0.25) is 0 Å². The number of hydrogen-bond acceptors (Lipinski definition) is 4. The molecule has 148 valence electrons. The number of hydrogen-bond donors (Lipinski definition) is 2. The molecule has 5 rings (SSSR count). The molecule has 3 heterocycles. The molecule has 1 aromatic heterocycles. The van der Waals surface area contributed by atoms with Crippen LogP contribution in [0.4, 0.5) is 5.69 Å². The Balaban J connectivity index is 1.37. The molecule has 0 radical (unpaired) electrons. The third-order valence-electron chi connectivity index (χ3n) is 6.14. The molecule has 3 aromatic rings. The quantitative estimate of drug-likeness (QED) is 0.711. The standard InChI is InChI=1S/C23H25N5O/c1-15-7-8-16(11-21(15)23(29)25-17-5-3-2-4-6-17)22-14-28(27-26-22)20-12-18-9-10-19(13-20)24-18/h2-8,11,14,18-20,24H,9-10,12-13H2,1H3,(H,25,29). The number of aromatic nitrogens is 3. The summed E-state index contributed by atoms with van der Waals surface area (Å²) in [6.45, 7) is 1.95. The van der Waals surface area contributed by atoms with Crippen LogP contribution in [0, 0.1) is 6.92 Å². The van der Waals surface area contributed by atoms with Crippen LogP contribution in [0.3, 0.4) is 0 Å². The van der Waals surface area contributed by atoms with E-state index in [1.54, 1.807) is 0 Å². The van der Waals surface area contributed by atoms with Crippen molar-refractivity contribution in [1.82, 2.24) is 20.3 Å². The molecule has 6 heteroatoms. The van der Waals surface area contributed by atoms with Crippen LogP contribution >= 0.6 is 0 Å². The van der Waals surface area contributed by atoms with Crippen LogP contribution in [0.1, 0.15) is 47.6 Å². The van der Waals surface area contributed by atoms with Crippen molar-refractivity contribution in [3.63, 3.8) is 0 Å². The summed E-state index contributed by atoms with van der Waals surface area (Å²) >= 11 is 0. The fourth-order valence-electron chi connectivity index (χ4n) is 4.58. The van der Waals surface area contributed by atoms with Crippen molar-refractivity contribution in [1.29, 1.82) is 0 Å². The number of nitrogens with one attached hydrogen (secondary N) is 2. The lowest BCUT2D eigenvalue weighted by Gasteiger charge is -2.28. The van der Waals surface area contributed by atoms with Crippen molar-refractivity contribution in [3.8, 4) is 11.3 Å². The van der Waals surface area contributed by atoms with Gasteiger partial charge in [0.25, 0.3) is 5.91 Å². The van der Waals surface area contributed by atoms with Gasteiger partial charge in [-0.3, -0.25) is 4.79 Å². The highest BCUT2D eigenvalue weighted by Gasteiger charge is 2.34. The number of carbonyl (C=O) groups excluding carboxylic acids is 1. The number of rotatable bonds is 4. The monoisotopic (exact) mass is 387 g/mol. The van der Waals surface area contributed by atoms with E-state index in [0.717, 1.165) is 35.3 Å². The van der Waals surface area contributed by atoms with Gasteiger partial charge in [-0.15, -0.1) is 5.10 Å². The lowest BCUT2D eigenvalue weighted by Crippen LogP contribution is -2.39. The number of anilines is 1. The third kappa shape index (κ3) is 3.68. The van der Waals surface area contributed by atoms with Crippen LogP contribution in [-0.2, 0) is 0 Å². The Morgan fingerprint density at radius 1 is 1.10 bits per heavy atom. The van der Waals surface area contributed by atoms with E-state index in [-0.39, 0.29) is 5.91 Å². The number of para-hydroxylation sites is 1. The number of benzene rings is 2. The molecule has 2 fully saturated rings. The summed E-state index contributed by atoms with van der Waals surface area (Å²) in [6, 6.07) is 17.0. The number of piperidine rings is 1. The SMILES string of the molecule is Cc1ccc(-c2cn(C3CC4CCC(C3)N4)nn2)cc1C(=O)Nc1ccccc1. The van der Waals surface area contributed by atoms with E-state index >= 15 is 0 Å². The molecule has 29 heavy (non-hydrogen) atoms. The Hall–Kier alpha value is -2.99. The highest BCUT2D eigenvalue weighted by Crippen LogP contribution is 2.34. The maximum Gasteiger partial charge on any atom is 0.255 e. The minimum absolute atomic E-state index is 0.113. The summed E-state index contributed by atoms with van der Waals surface area (Å²) in [4.78, 5) is 12.8. The van der Waals surface area contributed by atoms with Gasteiger partial charge in [0.15, 0.2) is 0 Å². The van der Waals surface area contributed by atoms with Crippen LogP contribution < -0.4 is 10.6 Å². The Morgan fingerprint density at radius 2 is 1.86 bits per heavy atom. The van der Waals surface area contributed by atoms with Crippen molar-refractivity contribution in [3.05, 3.63) is 65.9 Å². The topological polar surface area (TPSA) is 71.8 Å². The predicted octanol–water partition coefficient (Wildman–Crippen LogP) is 3.96. The zero-order chi connectivity index (χ0) is 19.8. The molecular weight excluding hydrogens is 362 g/mol. The number of nitrogens with zero attached hydrogens (tertiary/aromatic N) is 3. The number of aryl methyl sites for hydroxylation is 1. The zero-order valence-electron chi connectivity index (χ0n) is 16.5. The van der Waals surface area contributed by atoms with Gasteiger partial charge in [-0.05, 0) is 56.4 Å². The first-order valence-corrected chi connectivity index (χ1v) is 10.3. The van der Waals surface area contributed by atoms with Crippen LogP contribution in [0.5, 0.6) is 0 Å². The molecule has 6 nitrogen and oxygen atoms in total. The Labute approximate surface area is 170 Å². The molecule has 0 aliphatic carbocycles. The van der Waals surface area contributed by atoms with E-state index < -0.39 is 0 Å². The van der Waals surface area contributed by atoms with Gasteiger partial charge >= 0.3 is 0 Å². The summed E-state index contributed by atoms with van der Waals surface area (Å²) in [5.41, 5.74) is 4.10. The second-order valence-corrected chi connectivity index (χ2v) is 8.20. The maximum absolute atomic E-state index is 12.8. The molecule has 2 aromatic carbocycles. The smallest absolute Gasteiger partial charge is 0.255 e. The highest BCUT2D eigenvalue weighted by molar-refractivity contribution is 6.05. The van der Waals surface area contributed by atoms with E-state index in [1.165, 1.54) is 12.8 Å². The second kappa shape index (κ2) is 7.44. The highest BCUT2D eigenvalue weighted by atomic mass is 16.1. The van der Waals surface area contributed by atoms with Gasteiger partial charge in [0, 0.05) is 28.9 Å². The van der Waals surface area contributed by atoms with E-state index in [9.17, 15) is 4.79 Å². The summed E-state index contributed by atoms with van der Waals surface area (Å²) in [5.74, 6) is -0.113. The van der Waals surface area contributed by atoms with E-state index in [0.29, 0.717) is 23.7 Å². The van der Waals surface area contributed by atoms with Gasteiger partial charge in [0.2, 0.25) is 0 Å². The lowest BCUT2D eigenvalue weighted by atomic mass is 10.00. The molecule has 2 aliphatic rings. The Morgan fingerprint density at radius 3 is 2.62 bits per heavy atom. The molecule has 2 N–H and O–H groups in total. The van der Waals surface area contributed by atoms with E-state index in [4.69, 9.17) is 0 Å². The van der Waals surface area contributed by atoms with Gasteiger partial charge in [0.05, 0.1) is 12.2 Å². The van der Waals surface area contributed by atoms with Gasteiger partial charge in [-0.1, -0.05) is 35.5 Å². The van der Waals surface area contributed by atoms with Crippen molar-refractivity contribution in [2.75, 3.05) is 5.32 Å². The summed E-state index contributed by atoms with van der Waals surface area (Å²) in [7, 11) is 0.